The standard InChI is InChI=1S/C50H83N5O12/c1-28(2)39-45(59)51-35(22-21-34-18-15-14-16-19-34)47(61)54(12)27-29(3)25-49(8,62)43(67-48-40(56)37(53(10)11)24-30(4)64-48)31(5)41(66-38-26-50(9,63-13)42(57)33(7)65-38)32(6)46(60)55-23-17-20-36(55)44(58)52-39/h14-16,18-19,28-33,35-43,48,56-57,62H,17,20-27H2,1-13H3,(H,51,59)(H,52,58)/t29-,30-,31+,32-,33+,35-,36-,37+,38+,39+,40-,41+,42+,43-,48+,49-,50-/m1/s1. The fourth-order valence-corrected chi connectivity index (χ4v) is 10.9. The molecule has 0 unspecified atom stereocenters. The predicted octanol–water partition coefficient (Wildman–Crippen LogP) is 2.85. The second-order valence-electron chi connectivity index (χ2n) is 21.2. The number of ether oxygens (including phenoxy) is 5. The zero-order valence-electron chi connectivity index (χ0n) is 42.3. The maximum absolute atomic E-state index is 15.1. The lowest BCUT2D eigenvalue weighted by Crippen LogP contribution is -2.61. The van der Waals surface area contributed by atoms with Gasteiger partial charge in [-0.05, 0) is 97.7 Å². The number of hydrogen-bond donors (Lipinski definition) is 5. The molecular weight excluding hydrogens is 863 g/mol. The normalized spacial score (nSPS) is 40.2. The Morgan fingerprint density at radius 2 is 1.60 bits per heavy atom. The molecule has 5 rings (SSSR count). The number of amides is 4. The third kappa shape index (κ3) is 13.1. The van der Waals surface area contributed by atoms with E-state index in [4.69, 9.17) is 23.7 Å². The average Bonchev–Trinajstić information content (AvgIpc) is 3.77. The Balaban J connectivity index is 1.61. The number of aryl methyl sites for hydroxylation is 1. The van der Waals surface area contributed by atoms with Crippen molar-refractivity contribution in [3.8, 4) is 0 Å². The zero-order chi connectivity index (χ0) is 49.7. The molecule has 1 aromatic rings. The van der Waals surface area contributed by atoms with Gasteiger partial charge in [0.25, 0.3) is 0 Å². The number of rotatable bonds is 10. The maximum Gasteiger partial charge on any atom is 0.244 e. The van der Waals surface area contributed by atoms with Gasteiger partial charge in [-0.1, -0.05) is 65.0 Å². The molecule has 67 heavy (non-hydrogen) atoms. The molecule has 4 fully saturated rings. The molecule has 5 N–H and O–H groups in total. The van der Waals surface area contributed by atoms with Crippen LogP contribution >= 0.6 is 0 Å². The number of aliphatic hydroxyl groups excluding tert-OH is 2. The van der Waals surface area contributed by atoms with Gasteiger partial charge in [0.2, 0.25) is 23.6 Å². The molecule has 0 saturated carbocycles. The van der Waals surface area contributed by atoms with Crippen molar-refractivity contribution in [1.82, 2.24) is 25.3 Å². The van der Waals surface area contributed by atoms with Crippen LogP contribution in [-0.4, -0.2) is 180 Å². The third-order valence-corrected chi connectivity index (χ3v) is 14.8. The SMILES string of the molecule is CO[C@]1(C)C[C@H](O[C@H]2[C@H](C)[C@@H](O[C@@H]3O[C@H](C)C[C@H](N(C)C)[C@H]3O)[C@](C)(O)C[C@@H](C)CN(C)C(=O)[C@@H](CCc3ccccc3)NC(=O)[C@H](C(C)C)NC(=O)[C@H]3CCCN3C(=O)[C@@H]2C)O[C@@H](C)[C@@H]1O. The summed E-state index contributed by atoms with van der Waals surface area (Å²) in [6.45, 7) is 16.6. The monoisotopic (exact) mass is 946 g/mol. The lowest BCUT2D eigenvalue weighted by atomic mass is 9.77. The second kappa shape index (κ2) is 23.1. The molecule has 380 valence electrons. The first-order chi connectivity index (χ1) is 31.4. The largest absolute Gasteiger partial charge is 0.387 e. The molecule has 1 aromatic carbocycles. The summed E-state index contributed by atoms with van der Waals surface area (Å²) in [6.07, 6.45) is -5.07. The van der Waals surface area contributed by atoms with E-state index in [-0.39, 0.29) is 61.7 Å². The third-order valence-electron chi connectivity index (χ3n) is 14.8. The van der Waals surface area contributed by atoms with Gasteiger partial charge in [-0.3, -0.25) is 19.2 Å². The molecule has 4 heterocycles. The summed E-state index contributed by atoms with van der Waals surface area (Å²) in [5.74, 6) is -4.19. The van der Waals surface area contributed by atoms with Gasteiger partial charge in [0.05, 0.1) is 41.5 Å². The summed E-state index contributed by atoms with van der Waals surface area (Å²) in [6, 6.07) is 6.51. The van der Waals surface area contributed by atoms with Crippen molar-refractivity contribution < 1.29 is 58.2 Å². The summed E-state index contributed by atoms with van der Waals surface area (Å²) >= 11 is 0. The van der Waals surface area contributed by atoms with Gasteiger partial charge in [0.15, 0.2) is 12.6 Å². The van der Waals surface area contributed by atoms with E-state index in [1.165, 1.54) is 12.0 Å². The summed E-state index contributed by atoms with van der Waals surface area (Å²) < 4.78 is 32.2. The van der Waals surface area contributed by atoms with Crippen molar-refractivity contribution in [3.05, 3.63) is 35.9 Å². The molecule has 0 spiro atoms. The van der Waals surface area contributed by atoms with Crippen LogP contribution in [0.3, 0.4) is 0 Å². The Hall–Kier alpha value is -3.26. The number of carbonyl (C=O) groups is 4. The van der Waals surface area contributed by atoms with Crippen molar-refractivity contribution in [3.63, 3.8) is 0 Å². The minimum absolute atomic E-state index is 0.0954. The maximum atomic E-state index is 15.1. The van der Waals surface area contributed by atoms with Crippen molar-refractivity contribution in [2.75, 3.05) is 41.3 Å². The lowest BCUT2D eigenvalue weighted by Gasteiger charge is -2.49. The smallest absolute Gasteiger partial charge is 0.244 e. The number of methoxy groups -OCH3 is 1. The van der Waals surface area contributed by atoms with Crippen LogP contribution < -0.4 is 10.6 Å². The van der Waals surface area contributed by atoms with Crippen molar-refractivity contribution in [2.24, 2.45) is 23.7 Å². The second-order valence-corrected chi connectivity index (χ2v) is 21.2. The van der Waals surface area contributed by atoms with Crippen LogP contribution in [0.15, 0.2) is 30.3 Å². The van der Waals surface area contributed by atoms with Crippen LogP contribution in [0.1, 0.15) is 106 Å². The Bertz CT molecular complexity index is 1800. The van der Waals surface area contributed by atoms with Gasteiger partial charge >= 0.3 is 0 Å². The molecule has 0 radical (unpaired) electrons. The van der Waals surface area contributed by atoms with Crippen LogP contribution in [0.5, 0.6) is 0 Å². The van der Waals surface area contributed by atoms with Crippen LogP contribution in [0, 0.1) is 23.7 Å². The molecule has 0 aliphatic carbocycles. The number of benzene rings is 1. The summed E-state index contributed by atoms with van der Waals surface area (Å²) in [7, 11) is 6.93. The number of aliphatic hydroxyl groups is 3. The Kier molecular flexibility index (Phi) is 18.9. The molecular formula is C50H83N5O12. The van der Waals surface area contributed by atoms with Crippen molar-refractivity contribution in [2.45, 2.75) is 192 Å². The highest BCUT2D eigenvalue weighted by Crippen LogP contribution is 2.40. The highest BCUT2D eigenvalue weighted by Gasteiger charge is 2.52. The number of likely N-dealkylation sites (N-methyl/N-ethyl adjacent to an activating group) is 2. The van der Waals surface area contributed by atoms with Crippen LogP contribution in [0.2, 0.25) is 0 Å². The summed E-state index contributed by atoms with van der Waals surface area (Å²) in [4.78, 5) is 63.2. The van der Waals surface area contributed by atoms with Gasteiger partial charge in [0, 0.05) is 45.6 Å². The number of nitrogens with zero attached hydrogens (tertiary/aromatic N) is 3. The van der Waals surface area contributed by atoms with Gasteiger partial charge in [-0.2, -0.15) is 0 Å². The highest BCUT2D eigenvalue weighted by molar-refractivity contribution is 5.95. The number of carbonyl (C=O) groups excluding carboxylic acids is 4. The van der Waals surface area contributed by atoms with E-state index in [1.807, 2.05) is 83.9 Å². The number of fused-ring (bicyclic) bond motifs is 1. The van der Waals surface area contributed by atoms with E-state index in [2.05, 4.69) is 10.6 Å². The minimum Gasteiger partial charge on any atom is -0.387 e. The molecule has 17 atom stereocenters. The van der Waals surface area contributed by atoms with Gasteiger partial charge < -0.3 is 64.3 Å². The van der Waals surface area contributed by atoms with E-state index in [0.717, 1.165) is 5.56 Å². The van der Waals surface area contributed by atoms with Crippen LogP contribution in [-0.2, 0) is 49.3 Å². The van der Waals surface area contributed by atoms with Gasteiger partial charge in [-0.25, -0.2) is 0 Å². The first kappa shape index (κ1) is 54.7. The fraction of sp³-hybridized carbons (Fsp3) is 0.800. The molecule has 17 heteroatoms. The first-order valence-corrected chi connectivity index (χ1v) is 24.5. The van der Waals surface area contributed by atoms with E-state index < -0.39 is 96.1 Å². The topological polar surface area (TPSA) is 209 Å². The Morgan fingerprint density at radius 1 is 0.925 bits per heavy atom. The minimum atomic E-state index is -1.70. The van der Waals surface area contributed by atoms with E-state index >= 15 is 4.79 Å². The average molecular weight is 946 g/mol. The quantitative estimate of drug-likeness (QED) is 0.229. The van der Waals surface area contributed by atoms with E-state index in [0.29, 0.717) is 32.1 Å². The lowest BCUT2D eigenvalue weighted by molar-refractivity contribution is -0.317. The first-order valence-electron chi connectivity index (χ1n) is 24.5. The molecule has 4 amide bonds. The number of hydrogen-bond acceptors (Lipinski definition) is 13. The zero-order valence-corrected chi connectivity index (χ0v) is 42.3. The molecule has 4 aliphatic heterocycles. The van der Waals surface area contributed by atoms with Crippen molar-refractivity contribution >= 4 is 23.6 Å². The molecule has 4 saturated heterocycles. The summed E-state index contributed by atoms with van der Waals surface area (Å²) in [5.41, 5.74) is -1.77. The van der Waals surface area contributed by atoms with Crippen LogP contribution in [0.4, 0.5) is 0 Å². The van der Waals surface area contributed by atoms with Gasteiger partial charge in [0.1, 0.15) is 30.3 Å². The molecule has 4 aliphatic rings. The van der Waals surface area contributed by atoms with Crippen LogP contribution in [0.25, 0.3) is 0 Å². The molecule has 17 nitrogen and oxygen atoms in total. The van der Waals surface area contributed by atoms with Crippen molar-refractivity contribution in [1.29, 1.82) is 0 Å². The van der Waals surface area contributed by atoms with Gasteiger partial charge in [-0.15, -0.1) is 0 Å². The Morgan fingerprint density at radius 3 is 2.22 bits per heavy atom. The van der Waals surface area contributed by atoms with E-state index in [1.54, 1.807) is 39.6 Å². The molecule has 0 aromatic heterocycles. The Labute approximate surface area is 398 Å². The highest BCUT2D eigenvalue weighted by atomic mass is 16.7. The van der Waals surface area contributed by atoms with E-state index in [9.17, 15) is 29.7 Å². The fourth-order valence-electron chi connectivity index (χ4n) is 10.9. The molecule has 0 bridgehead atoms. The number of nitrogens with one attached hydrogen (secondary N) is 2. The summed E-state index contributed by atoms with van der Waals surface area (Å²) in [5, 5.41) is 41.8. The predicted molar refractivity (Wildman–Crippen MR) is 251 cm³/mol.